The lowest BCUT2D eigenvalue weighted by Crippen LogP contribution is -2.41. The monoisotopic (exact) mass is 490 g/mol. The van der Waals surface area contributed by atoms with Crippen LogP contribution in [0.5, 0.6) is 5.75 Å². The van der Waals surface area contributed by atoms with Crippen molar-refractivity contribution in [2.45, 2.75) is 57.8 Å². The molecule has 192 valence electrons. The molecule has 0 aliphatic carbocycles. The Morgan fingerprint density at radius 1 is 1.06 bits per heavy atom. The van der Waals surface area contributed by atoms with E-state index in [1.165, 1.54) is 11.1 Å². The number of carboxylic acid groups (broad SMARTS) is 1. The number of pyridine rings is 1. The summed E-state index contributed by atoms with van der Waals surface area (Å²) in [7, 11) is 1.69. The van der Waals surface area contributed by atoms with Crippen molar-refractivity contribution in [1.82, 2.24) is 20.1 Å². The highest BCUT2D eigenvalue weighted by molar-refractivity contribution is 5.83. The molecule has 7 heteroatoms. The summed E-state index contributed by atoms with van der Waals surface area (Å²) < 4.78 is 5.42. The summed E-state index contributed by atoms with van der Waals surface area (Å²) in [5.74, 6) is 1.21. The number of hydrogen-bond acceptors (Lipinski definition) is 6. The molecular weight excluding hydrogens is 452 g/mol. The first-order valence-corrected chi connectivity index (χ1v) is 13.2. The fourth-order valence-corrected chi connectivity index (χ4v) is 5.59. The first kappa shape index (κ1) is 26.0. The number of aliphatic carboxylic acids is 1. The summed E-state index contributed by atoms with van der Waals surface area (Å²) in [6.07, 6.45) is 14.2. The molecule has 1 aliphatic rings. The third-order valence-electron chi connectivity index (χ3n) is 7.60. The molecule has 3 heterocycles. The molecule has 2 unspecified atom stereocenters. The van der Waals surface area contributed by atoms with E-state index in [2.05, 4.69) is 32.2 Å². The number of benzene rings is 1. The molecule has 2 atom stereocenters. The Morgan fingerprint density at radius 2 is 1.97 bits per heavy atom. The van der Waals surface area contributed by atoms with Crippen molar-refractivity contribution in [3.05, 3.63) is 60.0 Å². The van der Waals surface area contributed by atoms with E-state index in [4.69, 9.17) is 4.74 Å². The van der Waals surface area contributed by atoms with Gasteiger partial charge < -0.3 is 14.7 Å². The fraction of sp³-hybridized carbons (Fsp3) is 0.517. The second-order valence-electron chi connectivity index (χ2n) is 10.00. The van der Waals surface area contributed by atoms with Gasteiger partial charge in [0, 0.05) is 30.7 Å². The number of carbonyl (C=O) groups is 1. The van der Waals surface area contributed by atoms with E-state index in [0.717, 1.165) is 87.7 Å². The molecule has 7 nitrogen and oxygen atoms in total. The molecule has 3 aromatic rings. The number of piperidine rings is 1. The van der Waals surface area contributed by atoms with Crippen molar-refractivity contribution >= 4 is 16.9 Å². The van der Waals surface area contributed by atoms with Crippen LogP contribution in [-0.4, -0.2) is 57.9 Å². The molecule has 1 aromatic carbocycles. The van der Waals surface area contributed by atoms with Gasteiger partial charge in [-0.2, -0.15) is 10.2 Å². The Hall–Kier alpha value is -3.06. The van der Waals surface area contributed by atoms with E-state index < -0.39 is 5.97 Å². The van der Waals surface area contributed by atoms with Gasteiger partial charge in [-0.3, -0.25) is 9.78 Å². The number of nitrogens with zero attached hydrogens (tertiary/aromatic N) is 4. The molecule has 2 aromatic heterocycles. The predicted molar refractivity (Wildman–Crippen MR) is 141 cm³/mol. The molecule has 0 amide bonds. The van der Waals surface area contributed by atoms with E-state index in [1.54, 1.807) is 13.3 Å². The van der Waals surface area contributed by atoms with Gasteiger partial charge in [0.25, 0.3) is 0 Å². The average molecular weight is 491 g/mol. The van der Waals surface area contributed by atoms with Crippen LogP contribution in [0.15, 0.2) is 48.9 Å². The Morgan fingerprint density at radius 3 is 2.78 bits per heavy atom. The molecular formula is C29H38N4O3. The number of aromatic nitrogens is 3. The summed E-state index contributed by atoms with van der Waals surface area (Å²) >= 11 is 0. The number of unbranched alkanes of at least 4 members (excludes halogenated alkanes) is 1. The molecule has 0 radical (unpaired) electrons. The van der Waals surface area contributed by atoms with Crippen LogP contribution in [0.2, 0.25) is 0 Å². The topological polar surface area (TPSA) is 88.4 Å². The minimum absolute atomic E-state index is 0.263. The van der Waals surface area contributed by atoms with Crippen LogP contribution >= 0.6 is 0 Å². The second-order valence-corrected chi connectivity index (χ2v) is 10.00. The lowest BCUT2D eigenvalue weighted by atomic mass is 9.79. The standard InChI is InChI=1S/C29H38N4O3/c1-36-26-9-10-28-27(19-26)24(13-15-30-28)7-4-6-23-14-18-33(21-25(23)8-11-29(34)35)17-3-2-5-22-12-16-31-32-20-22/h9-10,12-13,15-16,19-20,23,25H,2-8,11,14,17-18,21H2,1H3,(H,34,35). The molecule has 1 N–H and O–H groups in total. The van der Waals surface area contributed by atoms with E-state index in [9.17, 15) is 9.90 Å². The molecule has 0 saturated carbocycles. The van der Waals surface area contributed by atoms with Gasteiger partial charge >= 0.3 is 5.97 Å². The maximum absolute atomic E-state index is 11.3. The zero-order valence-corrected chi connectivity index (χ0v) is 21.3. The van der Waals surface area contributed by atoms with Crippen molar-refractivity contribution in [3.8, 4) is 5.75 Å². The number of fused-ring (bicyclic) bond motifs is 1. The normalized spacial score (nSPS) is 18.4. The molecule has 1 saturated heterocycles. The maximum atomic E-state index is 11.3. The zero-order valence-electron chi connectivity index (χ0n) is 21.3. The summed E-state index contributed by atoms with van der Waals surface area (Å²) in [5, 5.41) is 18.3. The van der Waals surface area contributed by atoms with E-state index in [1.807, 2.05) is 30.6 Å². The van der Waals surface area contributed by atoms with E-state index in [0.29, 0.717) is 11.8 Å². The van der Waals surface area contributed by atoms with Gasteiger partial charge in [-0.25, -0.2) is 0 Å². The number of ether oxygens (including phenoxy) is 1. The zero-order chi connectivity index (χ0) is 25.2. The number of rotatable bonds is 13. The number of carboxylic acids is 1. The molecule has 1 aliphatic heterocycles. The Labute approximate surface area is 213 Å². The van der Waals surface area contributed by atoms with Crippen LogP contribution in [0, 0.1) is 11.8 Å². The van der Waals surface area contributed by atoms with Crippen LogP contribution < -0.4 is 4.74 Å². The highest BCUT2D eigenvalue weighted by Crippen LogP contribution is 2.32. The number of methoxy groups -OCH3 is 1. The first-order valence-electron chi connectivity index (χ1n) is 13.2. The van der Waals surface area contributed by atoms with Crippen LogP contribution in [0.1, 0.15) is 56.1 Å². The van der Waals surface area contributed by atoms with Gasteiger partial charge in [0.1, 0.15) is 5.75 Å². The summed E-state index contributed by atoms with van der Waals surface area (Å²) in [4.78, 5) is 18.4. The third-order valence-corrected chi connectivity index (χ3v) is 7.60. The molecule has 0 bridgehead atoms. The van der Waals surface area contributed by atoms with Gasteiger partial charge in [-0.15, -0.1) is 0 Å². The van der Waals surface area contributed by atoms with Gasteiger partial charge in [0.2, 0.25) is 0 Å². The minimum atomic E-state index is -0.686. The Bertz CT molecular complexity index is 1110. The average Bonchev–Trinajstić information content (AvgIpc) is 2.91. The molecule has 0 spiro atoms. The van der Waals surface area contributed by atoms with Crippen molar-refractivity contribution < 1.29 is 14.6 Å². The quantitative estimate of drug-likeness (QED) is 0.330. The smallest absolute Gasteiger partial charge is 0.303 e. The van der Waals surface area contributed by atoms with Gasteiger partial charge in [-0.05, 0) is 118 Å². The van der Waals surface area contributed by atoms with E-state index >= 15 is 0 Å². The number of aryl methyl sites for hydroxylation is 2. The van der Waals surface area contributed by atoms with Crippen molar-refractivity contribution in [1.29, 1.82) is 0 Å². The third kappa shape index (κ3) is 7.47. The lowest BCUT2D eigenvalue weighted by Gasteiger charge is -2.39. The van der Waals surface area contributed by atoms with Crippen molar-refractivity contribution in [3.63, 3.8) is 0 Å². The minimum Gasteiger partial charge on any atom is -0.497 e. The van der Waals surface area contributed by atoms with E-state index in [-0.39, 0.29) is 6.42 Å². The molecule has 4 rings (SSSR count). The van der Waals surface area contributed by atoms with Crippen LogP contribution in [0.4, 0.5) is 0 Å². The summed E-state index contributed by atoms with van der Waals surface area (Å²) in [6, 6.07) is 10.2. The van der Waals surface area contributed by atoms with Gasteiger partial charge in [0.15, 0.2) is 0 Å². The van der Waals surface area contributed by atoms with Crippen LogP contribution in [0.3, 0.4) is 0 Å². The SMILES string of the molecule is COc1ccc2nccc(CCCC3CCN(CCCCc4ccnnc4)CC3CCC(=O)O)c2c1. The fourth-order valence-electron chi connectivity index (χ4n) is 5.59. The number of hydrogen-bond donors (Lipinski definition) is 1. The first-order chi connectivity index (χ1) is 17.6. The van der Waals surface area contributed by atoms with Crippen molar-refractivity contribution in [2.75, 3.05) is 26.7 Å². The number of likely N-dealkylation sites (tertiary alicyclic amines) is 1. The highest BCUT2D eigenvalue weighted by atomic mass is 16.5. The summed E-state index contributed by atoms with van der Waals surface area (Å²) in [5.41, 5.74) is 3.55. The second kappa shape index (κ2) is 13.3. The van der Waals surface area contributed by atoms with Gasteiger partial charge in [0.05, 0.1) is 18.8 Å². The van der Waals surface area contributed by atoms with Crippen molar-refractivity contribution in [2.24, 2.45) is 11.8 Å². The Balaban J connectivity index is 1.28. The summed E-state index contributed by atoms with van der Waals surface area (Å²) in [6.45, 7) is 3.21. The molecule has 1 fully saturated rings. The molecule has 36 heavy (non-hydrogen) atoms. The Kier molecular flexibility index (Phi) is 9.61. The van der Waals surface area contributed by atoms with Crippen LogP contribution in [0.25, 0.3) is 10.9 Å². The maximum Gasteiger partial charge on any atom is 0.303 e. The lowest BCUT2D eigenvalue weighted by molar-refractivity contribution is -0.137. The van der Waals surface area contributed by atoms with Crippen LogP contribution in [-0.2, 0) is 17.6 Å². The highest BCUT2D eigenvalue weighted by Gasteiger charge is 2.29. The largest absolute Gasteiger partial charge is 0.497 e. The predicted octanol–water partition coefficient (Wildman–Crippen LogP) is 5.18. The van der Waals surface area contributed by atoms with Gasteiger partial charge in [-0.1, -0.05) is 0 Å².